The molecule has 140 valence electrons. The van der Waals surface area contributed by atoms with Gasteiger partial charge >= 0.3 is 0 Å². The Balaban J connectivity index is 1.68. The maximum atomic E-state index is 12.3. The van der Waals surface area contributed by atoms with Crippen LogP contribution in [0.2, 0.25) is 0 Å². The SMILES string of the molecule is CCn1c(SCC(=O)Nc2ccc(C)c(C)c2)nnc1-c1ccc(Br)cc1. The van der Waals surface area contributed by atoms with Crippen LogP contribution in [-0.4, -0.2) is 26.4 Å². The van der Waals surface area contributed by atoms with Crippen LogP contribution < -0.4 is 5.32 Å². The predicted octanol–water partition coefficient (Wildman–Crippen LogP) is 5.08. The number of carbonyl (C=O) groups is 1. The average molecular weight is 445 g/mol. The van der Waals surface area contributed by atoms with Gasteiger partial charge in [-0.3, -0.25) is 4.79 Å². The van der Waals surface area contributed by atoms with Gasteiger partial charge in [-0.15, -0.1) is 10.2 Å². The Hall–Kier alpha value is -2.12. The quantitative estimate of drug-likeness (QED) is 0.538. The van der Waals surface area contributed by atoms with E-state index in [1.54, 1.807) is 0 Å². The van der Waals surface area contributed by atoms with Gasteiger partial charge in [0.25, 0.3) is 0 Å². The van der Waals surface area contributed by atoms with Gasteiger partial charge in [0, 0.05) is 22.3 Å². The van der Waals surface area contributed by atoms with Gasteiger partial charge in [0.1, 0.15) is 0 Å². The lowest BCUT2D eigenvalue weighted by molar-refractivity contribution is -0.113. The third kappa shape index (κ3) is 4.78. The number of hydrogen-bond donors (Lipinski definition) is 1. The van der Waals surface area contributed by atoms with E-state index in [2.05, 4.69) is 38.4 Å². The Morgan fingerprint density at radius 3 is 2.52 bits per heavy atom. The van der Waals surface area contributed by atoms with Crippen molar-refractivity contribution in [1.82, 2.24) is 14.8 Å². The number of aromatic nitrogens is 3. The molecule has 0 saturated heterocycles. The number of aryl methyl sites for hydroxylation is 2. The molecule has 2 aromatic carbocycles. The van der Waals surface area contributed by atoms with E-state index < -0.39 is 0 Å². The summed E-state index contributed by atoms with van der Waals surface area (Å²) in [5, 5.41) is 12.3. The lowest BCUT2D eigenvalue weighted by atomic mass is 10.1. The molecule has 0 aliphatic carbocycles. The van der Waals surface area contributed by atoms with Crippen LogP contribution in [0.25, 0.3) is 11.4 Å². The van der Waals surface area contributed by atoms with Crippen molar-refractivity contribution in [3.63, 3.8) is 0 Å². The molecule has 7 heteroatoms. The fraction of sp³-hybridized carbons (Fsp3) is 0.250. The second kappa shape index (κ2) is 8.71. The Morgan fingerprint density at radius 2 is 1.85 bits per heavy atom. The first kappa shape index (κ1) is 19.6. The van der Waals surface area contributed by atoms with Crippen LogP contribution in [0, 0.1) is 13.8 Å². The van der Waals surface area contributed by atoms with E-state index in [1.807, 2.05) is 60.9 Å². The molecule has 0 radical (unpaired) electrons. The van der Waals surface area contributed by atoms with E-state index in [-0.39, 0.29) is 11.7 Å². The number of carbonyl (C=O) groups excluding carboxylic acids is 1. The first-order chi connectivity index (χ1) is 13.0. The van der Waals surface area contributed by atoms with Crippen molar-refractivity contribution in [2.75, 3.05) is 11.1 Å². The van der Waals surface area contributed by atoms with Crippen molar-refractivity contribution in [2.45, 2.75) is 32.5 Å². The molecular weight excluding hydrogens is 424 g/mol. The average Bonchev–Trinajstić information content (AvgIpc) is 3.06. The van der Waals surface area contributed by atoms with Gasteiger partial charge in [-0.1, -0.05) is 45.9 Å². The number of amides is 1. The predicted molar refractivity (Wildman–Crippen MR) is 114 cm³/mol. The number of benzene rings is 2. The molecule has 1 amide bonds. The smallest absolute Gasteiger partial charge is 0.234 e. The van der Waals surface area contributed by atoms with Gasteiger partial charge in [-0.25, -0.2) is 0 Å². The van der Waals surface area contributed by atoms with E-state index >= 15 is 0 Å². The van der Waals surface area contributed by atoms with Crippen LogP contribution in [0.5, 0.6) is 0 Å². The molecule has 5 nitrogen and oxygen atoms in total. The molecule has 1 aromatic heterocycles. The molecule has 0 bridgehead atoms. The molecule has 1 N–H and O–H groups in total. The normalized spacial score (nSPS) is 10.8. The molecule has 0 aliphatic rings. The summed E-state index contributed by atoms with van der Waals surface area (Å²) < 4.78 is 3.04. The number of hydrogen-bond acceptors (Lipinski definition) is 4. The molecular formula is C20H21BrN4OS. The number of thioether (sulfide) groups is 1. The second-order valence-corrected chi connectivity index (χ2v) is 8.05. The van der Waals surface area contributed by atoms with Crippen LogP contribution in [0.4, 0.5) is 5.69 Å². The van der Waals surface area contributed by atoms with Crippen molar-refractivity contribution in [3.8, 4) is 11.4 Å². The van der Waals surface area contributed by atoms with E-state index in [0.29, 0.717) is 0 Å². The lowest BCUT2D eigenvalue weighted by Gasteiger charge is -2.09. The topological polar surface area (TPSA) is 59.8 Å². The molecule has 27 heavy (non-hydrogen) atoms. The van der Waals surface area contributed by atoms with E-state index in [1.165, 1.54) is 17.3 Å². The third-order valence-corrected chi connectivity index (χ3v) is 5.75. The van der Waals surface area contributed by atoms with Gasteiger partial charge in [-0.2, -0.15) is 0 Å². The fourth-order valence-electron chi connectivity index (χ4n) is 2.64. The Bertz CT molecular complexity index is 953. The zero-order valence-electron chi connectivity index (χ0n) is 15.5. The summed E-state index contributed by atoms with van der Waals surface area (Å²) in [5.74, 6) is 1.03. The number of anilines is 1. The third-order valence-electron chi connectivity index (χ3n) is 4.26. The summed E-state index contributed by atoms with van der Waals surface area (Å²) in [5.41, 5.74) is 4.18. The molecule has 0 unspecified atom stereocenters. The second-order valence-electron chi connectivity index (χ2n) is 6.19. The number of nitrogens with one attached hydrogen (secondary N) is 1. The minimum Gasteiger partial charge on any atom is -0.325 e. The highest BCUT2D eigenvalue weighted by Crippen LogP contribution is 2.25. The van der Waals surface area contributed by atoms with Crippen LogP contribution in [0.15, 0.2) is 52.1 Å². The van der Waals surface area contributed by atoms with Gasteiger partial charge in [0.2, 0.25) is 5.91 Å². The molecule has 3 aromatic rings. The Morgan fingerprint density at radius 1 is 1.11 bits per heavy atom. The van der Waals surface area contributed by atoms with Gasteiger partial charge in [-0.05, 0) is 56.2 Å². The van der Waals surface area contributed by atoms with Gasteiger partial charge < -0.3 is 9.88 Å². The first-order valence-corrected chi connectivity index (χ1v) is 10.4. The standard InChI is InChI=1S/C20H21BrN4OS/c1-4-25-19(15-6-8-16(21)9-7-15)23-24-20(25)27-12-18(26)22-17-10-5-13(2)14(3)11-17/h5-11H,4,12H2,1-3H3,(H,22,26). The monoisotopic (exact) mass is 444 g/mol. The summed E-state index contributed by atoms with van der Waals surface area (Å²) in [7, 11) is 0. The zero-order valence-corrected chi connectivity index (χ0v) is 17.9. The van der Waals surface area contributed by atoms with E-state index in [9.17, 15) is 4.79 Å². The van der Waals surface area contributed by atoms with Crippen LogP contribution in [-0.2, 0) is 11.3 Å². The van der Waals surface area contributed by atoms with Crippen molar-refractivity contribution in [2.24, 2.45) is 0 Å². The summed E-state index contributed by atoms with van der Waals surface area (Å²) in [6, 6.07) is 13.9. The molecule has 1 heterocycles. The van der Waals surface area contributed by atoms with Gasteiger partial charge in [0.15, 0.2) is 11.0 Å². The van der Waals surface area contributed by atoms with Crippen LogP contribution in [0.3, 0.4) is 0 Å². The minimum absolute atomic E-state index is 0.0564. The van der Waals surface area contributed by atoms with E-state index in [4.69, 9.17) is 0 Å². The maximum Gasteiger partial charge on any atom is 0.234 e. The molecule has 0 aliphatic heterocycles. The lowest BCUT2D eigenvalue weighted by Crippen LogP contribution is -2.14. The highest BCUT2D eigenvalue weighted by atomic mass is 79.9. The van der Waals surface area contributed by atoms with Crippen molar-refractivity contribution in [1.29, 1.82) is 0 Å². The molecule has 0 atom stereocenters. The Kier molecular flexibility index (Phi) is 6.34. The number of rotatable bonds is 6. The summed E-state index contributed by atoms with van der Waals surface area (Å²) in [6.07, 6.45) is 0. The highest BCUT2D eigenvalue weighted by molar-refractivity contribution is 9.10. The molecule has 0 fully saturated rings. The molecule has 0 saturated carbocycles. The summed E-state index contributed by atoms with van der Waals surface area (Å²) >= 11 is 4.84. The number of halogens is 1. The molecule has 3 rings (SSSR count). The maximum absolute atomic E-state index is 12.3. The van der Waals surface area contributed by atoms with Crippen molar-refractivity contribution >= 4 is 39.3 Å². The molecule has 0 spiro atoms. The van der Waals surface area contributed by atoms with Crippen LogP contribution in [0.1, 0.15) is 18.1 Å². The van der Waals surface area contributed by atoms with Crippen molar-refractivity contribution in [3.05, 3.63) is 58.1 Å². The van der Waals surface area contributed by atoms with Crippen molar-refractivity contribution < 1.29 is 4.79 Å². The minimum atomic E-state index is -0.0564. The van der Waals surface area contributed by atoms with Gasteiger partial charge in [0.05, 0.1) is 5.75 Å². The number of nitrogens with zero attached hydrogens (tertiary/aromatic N) is 3. The van der Waals surface area contributed by atoms with Crippen LogP contribution >= 0.6 is 27.7 Å². The Labute approximate surface area is 171 Å². The summed E-state index contributed by atoms with van der Waals surface area (Å²) in [4.78, 5) is 12.3. The fourth-order valence-corrected chi connectivity index (χ4v) is 3.71. The highest BCUT2D eigenvalue weighted by Gasteiger charge is 2.14. The zero-order chi connectivity index (χ0) is 19.4. The first-order valence-electron chi connectivity index (χ1n) is 8.67. The van der Waals surface area contributed by atoms with E-state index in [0.717, 1.165) is 38.8 Å². The largest absolute Gasteiger partial charge is 0.325 e. The summed E-state index contributed by atoms with van der Waals surface area (Å²) in [6.45, 7) is 6.87.